The largest absolute Gasteiger partial charge is 0.437 e. The van der Waals surface area contributed by atoms with Crippen molar-refractivity contribution in [3.05, 3.63) is 47.2 Å². The standard InChI is InChI=1S/C26H23N9O/c1-15-9-17(5-4-7-27)10-16(2)21(15)36-23-19-20(18-6-8-35(3)34-18)32-33-22(19)29-24(30-23)31-26-11-25(12-26,13-26)14-28/h4-6,8-10H,11-13H2,1-3H3,(H2,29,30,31,32,33)/b5-4+. The maximum absolute atomic E-state index is 9.37. The molecular weight excluding hydrogens is 454 g/mol. The zero-order valence-corrected chi connectivity index (χ0v) is 20.1. The van der Waals surface area contributed by atoms with Gasteiger partial charge in [0.1, 0.15) is 22.5 Å². The summed E-state index contributed by atoms with van der Waals surface area (Å²) in [5.41, 5.74) is 4.25. The lowest BCUT2D eigenvalue weighted by Gasteiger charge is -2.66. The third kappa shape index (κ3) is 3.38. The minimum atomic E-state index is -0.190. The Kier molecular flexibility index (Phi) is 4.64. The zero-order chi connectivity index (χ0) is 25.1. The summed E-state index contributed by atoms with van der Waals surface area (Å²) in [6, 6.07) is 10.3. The first-order valence-corrected chi connectivity index (χ1v) is 11.6. The third-order valence-electron chi connectivity index (χ3n) is 7.03. The molecule has 0 unspecified atom stereocenters. The number of nitriles is 2. The van der Waals surface area contributed by atoms with E-state index >= 15 is 0 Å². The molecule has 7 rings (SSSR count). The van der Waals surface area contributed by atoms with E-state index in [1.807, 2.05) is 51.4 Å². The molecule has 3 aliphatic rings. The van der Waals surface area contributed by atoms with Gasteiger partial charge in [-0.15, -0.1) is 0 Å². The number of anilines is 1. The summed E-state index contributed by atoms with van der Waals surface area (Å²) >= 11 is 0. The Morgan fingerprint density at radius 3 is 2.56 bits per heavy atom. The molecule has 10 heteroatoms. The molecule has 2 N–H and O–H groups in total. The van der Waals surface area contributed by atoms with Gasteiger partial charge in [0.15, 0.2) is 5.65 Å². The van der Waals surface area contributed by atoms with Gasteiger partial charge in [0.25, 0.3) is 0 Å². The number of H-pyrrole nitrogens is 1. The van der Waals surface area contributed by atoms with Crippen LogP contribution in [0, 0.1) is 41.9 Å². The van der Waals surface area contributed by atoms with Crippen LogP contribution in [-0.2, 0) is 7.05 Å². The Labute approximate surface area is 207 Å². The van der Waals surface area contributed by atoms with Gasteiger partial charge in [0, 0.05) is 24.9 Å². The van der Waals surface area contributed by atoms with E-state index in [1.54, 1.807) is 10.8 Å². The highest BCUT2D eigenvalue weighted by molar-refractivity contribution is 5.94. The van der Waals surface area contributed by atoms with Crippen molar-refractivity contribution >= 4 is 23.1 Å². The van der Waals surface area contributed by atoms with Crippen molar-refractivity contribution in [1.29, 1.82) is 10.5 Å². The van der Waals surface area contributed by atoms with E-state index in [9.17, 15) is 5.26 Å². The highest BCUT2D eigenvalue weighted by atomic mass is 16.5. The smallest absolute Gasteiger partial charge is 0.235 e. The molecule has 1 aromatic carbocycles. The van der Waals surface area contributed by atoms with Gasteiger partial charge in [-0.3, -0.25) is 9.78 Å². The van der Waals surface area contributed by atoms with E-state index in [4.69, 9.17) is 15.0 Å². The number of fused-ring (bicyclic) bond motifs is 1. The first kappa shape index (κ1) is 21.8. The van der Waals surface area contributed by atoms with Crippen molar-refractivity contribution in [2.75, 3.05) is 5.32 Å². The van der Waals surface area contributed by atoms with E-state index in [2.05, 4.69) is 31.7 Å². The van der Waals surface area contributed by atoms with Crippen molar-refractivity contribution in [3.63, 3.8) is 0 Å². The first-order chi connectivity index (χ1) is 17.3. The molecule has 0 spiro atoms. The van der Waals surface area contributed by atoms with Gasteiger partial charge < -0.3 is 10.1 Å². The Hall–Kier alpha value is -4.70. The van der Waals surface area contributed by atoms with E-state index in [0.29, 0.717) is 40.0 Å². The number of nitrogens with one attached hydrogen (secondary N) is 2. The van der Waals surface area contributed by atoms with Gasteiger partial charge >= 0.3 is 0 Å². The molecule has 36 heavy (non-hydrogen) atoms. The number of allylic oxidation sites excluding steroid dienone is 1. The van der Waals surface area contributed by atoms with Crippen molar-refractivity contribution in [3.8, 4) is 35.2 Å². The molecule has 3 heterocycles. The Balaban J connectivity index is 1.43. The molecule has 0 radical (unpaired) electrons. The maximum Gasteiger partial charge on any atom is 0.235 e. The summed E-state index contributed by atoms with van der Waals surface area (Å²) in [5, 5.41) is 34.3. The van der Waals surface area contributed by atoms with Crippen LogP contribution in [0.4, 0.5) is 5.95 Å². The zero-order valence-electron chi connectivity index (χ0n) is 20.1. The average molecular weight is 478 g/mol. The highest BCUT2D eigenvalue weighted by Gasteiger charge is 2.69. The quantitative estimate of drug-likeness (QED) is 0.385. The fourth-order valence-corrected chi connectivity index (χ4v) is 5.50. The van der Waals surface area contributed by atoms with Gasteiger partial charge in [-0.2, -0.15) is 30.7 Å². The lowest BCUT2D eigenvalue weighted by atomic mass is 9.40. The summed E-state index contributed by atoms with van der Waals surface area (Å²) in [7, 11) is 1.85. The topological polar surface area (TPSA) is 141 Å². The molecule has 0 saturated heterocycles. The van der Waals surface area contributed by atoms with Gasteiger partial charge in [-0.1, -0.05) is 0 Å². The molecule has 3 saturated carbocycles. The minimum Gasteiger partial charge on any atom is -0.437 e. The predicted molar refractivity (Wildman–Crippen MR) is 133 cm³/mol. The number of benzene rings is 1. The van der Waals surface area contributed by atoms with Gasteiger partial charge in [0.2, 0.25) is 11.8 Å². The minimum absolute atomic E-state index is 0.138. The number of aryl methyl sites for hydroxylation is 3. The van der Waals surface area contributed by atoms with E-state index in [-0.39, 0.29) is 11.0 Å². The molecule has 3 aliphatic carbocycles. The Bertz CT molecular complexity index is 1600. The molecular formula is C26H23N9O. The number of nitrogens with zero attached hydrogens (tertiary/aromatic N) is 7. The van der Waals surface area contributed by atoms with Crippen LogP contribution < -0.4 is 10.1 Å². The fourth-order valence-electron chi connectivity index (χ4n) is 5.50. The molecule has 10 nitrogen and oxygen atoms in total. The molecule has 3 aromatic heterocycles. The van der Waals surface area contributed by atoms with Gasteiger partial charge in [-0.25, -0.2) is 0 Å². The van der Waals surface area contributed by atoms with Crippen LogP contribution in [0.1, 0.15) is 36.0 Å². The second-order valence-corrected chi connectivity index (χ2v) is 9.90. The van der Waals surface area contributed by atoms with Crippen molar-refractivity contribution in [2.24, 2.45) is 12.5 Å². The predicted octanol–water partition coefficient (Wildman–Crippen LogP) is 4.56. The van der Waals surface area contributed by atoms with Crippen LogP contribution in [-0.4, -0.2) is 35.5 Å². The van der Waals surface area contributed by atoms with Crippen LogP contribution in [0.25, 0.3) is 28.5 Å². The monoisotopic (exact) mass is 477 g/mol. The highest BCUT2D eigenvalue weighted by Crippen LogP contribution is 2.67. The third-order valence-corrected chi connectivity index (χ3v) is 7.03. The second kappa shape index (κ2) is 7.65. The first-order valence-electron chi connectivity index (χ1n) is 11.6. The molecule has 2 bridgehead atoms. The lowest BCUT2D eigenvalue weighted by Crippen LogP contribution is -2.70. The maximum atomic E-state index is 9.37. The molecule has 0 atom stereocenters. The number of hydrogen-bond donors (Lipinski definition) is 2. The molecule has 3 fully saturated rings. The summed E-state index contributed by atoms with van der Waals surface area (Å²) in [6.07, 6.45) is 7.46. The normalized spacial score (nSPS) is 22.0. The fraction of sp³-hybridized carbons (Fsp3) is 0.308. The van der Waals surface area contributed by atoms with Crippen LogP contribution in [0.3, 0.4) is 0 Å². The van der Waals surface area contributed by atoms with Gasteiger partial charge in [0.05, 0.1) is 17.6 Å². The molecule has 0 aliphatic heterocycles. The van der Waals surface area contributed by atoms with Crippen molar-refractivity contribution < 1.29 is 4.74 Å². The molecule has 178 valence electrons. The summed E-state index contributed by atoms with van der Waals surface area (Å²) in [5.74, 6) is 1.47. The van der Waals surface area contributed by atoms with E-state index < -0.39 is 0 Å². The van der Waals surface area contributed by atoms with Crippen LogP contribution in [0.5, 0.6) is 11.6 Å². The van der Waals surface area contributed by atoms with Gasteiger partial charge in [-0.05, 0) is 74.1 Å². The average Bonchev–Trinajstić information content (AvgIpc) is 3.42. The Morgan fingerprint density at radius 1 is 1.17 bits per heavy atom. The summed E-state index contributed by atoms with van der Waals surface area (Å²) < 4.78 is 8.19. The van der Waals surface area contributed by atoms with Crippen LogP contribution in [0.15, 0.2) is 30.5 Å². The van der Waals surface area contributed by atoms with Crippen LogP contribution >= 0.6 is 0 Å². The Morgan fingerprint density at radius 2 is 1.92 bits per heavy atom. The number of hydrogen-bond acceptors (Lipinski definition) is 8. The second-order valence-electron chi connectivity index (χ2n) is 9.90. The van der Waals surface area contributed by atoms with Crippen molar-refractivity contribution in [1.82, 2.24) is 29.9 Å². The summed E-state index contributed by atoms with van der Waals surface area (Å²) in [4.78, 5) is 9.44. The number of aromatic nitrogens is 6. The molecule has 4 aromatic rings. The molecule has 0 amide bonds. The lowest BCUT2D eigenvalue weighted by molar-refractivity contribution is -0.0665. The van der Waals surface area contributed by atoms with E-state index in [1.165, 1.54) is 6.08 Å². The number of aromatic amines is 1. The number of rotatable bonds is 6. The van der Waals surface area contributed by atoms with Crippen LogP contribution in [0.2, 0.25) is 0 Å². The van der Waals surface area contributed by atoms with Crippen molar-refractivity contribution in [2.45, 2.75) is 38.6 Å². The summed E-state index contributed by atoms with van der Waals surface area (Å²) in [6.45, 7) is 3.92. The van der Waals surface area contributed by atoms with E-state index in [0.717, 1.165) is 36.0 Å². The number of ether oxygens (including phenoxy) is 1. The SMILES string of the molecule is Cc1cc(/C=C/C#N)cc(C)c1Oc1nc(NC23CC(C#N)(C2)C3)nc2n[nH]c(-c3ccn(C)n3)c12.